The highest BCUT2D eigenvalue weighted by molar-refractivity contribution is 6.06. The molecule has 0 saturated carbocycles. The minimum absolute atomic E-state index is 0.0393. The Kier molecular flexibility index (Phi) is 5.13. The van der Waals surface area contributed by atoms with Gasteiger partial charge >= 0.3 is 6.18 Å². The van der Waals surface area contributed by atoms with Crippen molar-refractivity contribution in [3.05, 3.63) is 35.7 Å². The monoisotopic (exact) mass is 383 g/mol. The summed E-state index contributed by atoms with van der Waals surface area (Å²) in [5.74, 6) is -1.23. The molecule has 1 atom stereocenters. The smallest absolute Gasteiger partial charge is 0.379 e. The second-order valence-corrected chi connectivity index (χ2v) is 5.99. The fourth-order valence-corrected chi connectivity index (χ4v) is 2.60. The number of benzene rings is 1. The Morgan fingerprint density at radius 3 is 2.67 bits per heavy atom. The highest BCUT2D eigenvalue weighted by atomic mass is 19.4. The Labute approximate surface area is 151 Å². The van der Waals surface area contributed by atoms with E-state index >= 15 is 0 Å². The summed E-state index contributed by atoms with van der Waals surface area (Å²) in [5.41, 5.74) is -1.17. The Morgan fingerprint density at radius 1 is 1.26 bits per heavy atom. The molecule has 144 valence electrons. The molecule has 0 bridgehead atoms. The van der Waals surface area contributed by atoms with E-state index in [-0.39, 0.29) is 23.1 Å². The molecule has 1 aliphatic rings. The highest BCUT2D eigenvalue weighted by Crippen LogP contribution is 2.34. The zero-order valence-electron chi connectivity index (χ0n) is 14.2. The molecule has 2 heterocycles. The first-order chi connectivity index (χ1) is 12.7. The number of anilines is 2. The van der Waals surface area contributed by atoms with Crippen LogP contribution in [0.25, 0.3) is 0 Å². The number of aromatic nitrogens is 3. The lowest BCUT2D eigenvalue weighted by atomic mass is 10.1. The molecule has 2 aromatic rings. The summed E-state index contributed by atoms with van der Waals surface area (Å²) < 4.78 is 45.6. The van der Waals surface area contributed by atoms with Crippen LogP contribution in [-0.2, 0) is 15.7 Å². The zero-order chi connectivity index (χ0) is 19.6. The summed E-state index contributed by atoms with van der Waals surface area (Å²) >= 11 is 0. The summed E-state index contributed by atoms with van der Waals surface area (Å²) in [7, 11) is 0. The van der Waals surface area contributed by atoms with Crippen LogP contribution in [-0.4, -0.2) is 40.0 Å². The SMILES string of the molecule is CC(=O)Nc1ccc(C(F)(F)F)cc1NC(=O)c1cn(C2CCOC2)nn1. The molecule has 1 unspecified atom stereocenters. The Balaban J connectivity index is 1.84. The van der Waals surface area contributed by atoms with Gasteiger partial charge in [0.15, 0.2) is 5.69 Å². The summed E-state index contributed by atoms with van der Waals surface area (Å²) in [4.78, 5) is 23.7. The molecule has 2 N–H and O–H groups in total. The van der Waals surface area contributed by atoms with Crippen molar-refractivity contribution in [2.45, 2.75) is 25.6 Å². The van der Waals surface area contributed by atoms with Crippen molar-refractivity contribution >= 4 is 23.2 Å². The molecule has 0 spiro atoms. The summed E-state index contributed by atoms with van der Waals surface area (Å²) in [5, 5.41) is 12.3. The predicted molar refractivity (Wildman–Crippen MR) is 88.2 cm³/mol. The fraction of sp³-hybridized carbons (Fsp3) is 0.375. The van der Waals surface area contributed by atoms with Gasteiger partial charge in [-0.2, -0.15) is 13.2 Å². The third-order valence-corrected chi connectivity index (χ3v) is 3.93. The first kappa shape index (κ1) is 18.8. The minimum Gasteiger partial charge on any atom is -0.379 e. The average molecular weight is 383 g/mol. The van der Waals surface area contributed by atoms with Crippen LogP contribution >= 0.6 is 0 Å². The lowest BCUT2D eigenvalue weighted by molar-refractivity contribution is -0.137. The van der Waals surface area contributed by atoms with E-state index in [1.54, 1.807) is 0 Å². The number of nitrogens with zero attached hydrogens (tertiary/aromatic N) is 3. The molecule has 11 heteroatoms. The van der Waals surface area contributed by atoms with Gasteiger partial charge in [0.2, 0.25) is 5.91 Å². The normalized spacial score (nSPS) is 17.0. The average Bonchev–Trinajstić information content (AvgIpc) is 3.26. The van der Waals surface area contributed by atoms with Gasteiger partial charge in [0.25, 0.3) is 5.91 Å². The molecule has 0 aliphatic carbocycles. The zero-order valence-corrected chi connectivity index (χ0v) is 14.2. The van der Waals surface area contributed by atoms with Crippen LogP contribution < -0.4 is 10.6 Å². The van der Waals surface area contributed by atoms with Gasteiger partial charge in [-0.15, -0.1) is 5.10 Å². The maximum absolute atomic E-state index is 13.0. The van der Waals surface area contributed by atoms with E-state index in [4.69, 9.17) is 4.74 Å². The highest BCUT2D eigenvalue weighted by Gasteiger charge is 2.31. The largest absolute Gasteiger partial charge is 0.416 e. The van der Waals surface area contributed by atoms with Crippen LogP contribution in [0.15, 0.2) is 24.4 Å². The van der Waals surface area contributed by atoms with Crippen molar-refractivity contribution in [3.63, 3.8) is 0 Å². The third kappa shape index (κ3) is 4.42. The lowest BCUT2D eigenvalue weighted by Crippen LogP contribution is -2.17. The van der Waals surface area contributed by atoms with Crippen molar-refractivity contribution in [2.75, 3.05) is 23.8 Å². The van der Waals surface area contributed by atoms with Crippen molar-refractivity contribution in [1.29, 1.82) is 0 Å². The van der Waals surface area contributed by atoms with Gasteiger partial charge in [0.05, 0.1) is 35.8 Å². The maximum Gasteiger partial charge on any atom is 0.416 e. The molecular weight excluding hydrogens is 367 g/mol. The van der Waals surface area contributed by atoms with E-state index < -0.39 is 23.6 Å². The number of alkyl halides is 3. The molecule has 1 aliphatic heterocycles. The second kappa shape index (κ2) is 7.35. The summed E-state index contributed by atoms with van der Waals surface area (Å²) in [6.45, 7) is 2.24. The standard InChI is InChI=1S/C16H16F3N5O3/c1-9(25)20-12-3-2-10(16(17,18)19)6-13(12)21-15(26)14-7-24(23-22-14)11-4-5-27-8-11/h2-3,6-7,11H,4-5,8H2,1H3,(H,20,25)(H,21,26). The summed E-state index contributed by atoms with van der Waals surface area (Å²) in [6.07, 6.45) is -2.47. The van der Waals surface area contributed by atoms with Crippen LogP contribution in [0.1, 0.15) is 35.4 Å². The number of nitrogens with one attached hydrogen (secondary N) is 2. The molecule has 1 saturated heterocycles. The number of carbonyl (C=O) groups excluding carboxylic acids is 2. The molecule has 0 radical (unpaired) electrons. The van der Waals surface area contributed by atoms with Crippen LogP contribution in [0.4, 0.5) is 24.5 Å². The van der Waals surface area contributed by atoms with E-state index in [9.17, 15) is 22.8 Å². The van der Waals surface area contributed by atoms with Crippen molar-refractivity contribution in [2.24, 2.45) is 0 Å². The van der Waals surface area contributed by atoms with Crippen LogP contribution in [0, 0.1) is 0 Å². The van der Waals surface area contributed by atoms with E-state index in [2.05, 4.69) is 20.9 Å². The maximum atomic E-state index is 13.0. The molecule has 8 nitrogen and oxygen atoms in total. The number of carbonyl (C=O) groups is 2. The molecule has 27 heavy (non-hydrogen) atoms. The van der Waals surface area contributed by atoms with Gasteiger partial charge < -0.3 is 15.4 Å². The number of ether oxygens (including phenoxy) is 1. The topological polar surface area (TPSA) is 98.1 Å². The quantitative estimate of drug-likeness (QED) is 0.845. The van der Waals surface area contributed by atoms with Crippen LogP contribution in [0.3, 0.4) is 0 Å². The summed E-state index contributed by atoms with van der Waals surface area (Å²) in [6, 6.07) is 2.60. The van der Waals surface area contributed by atoms with E-state index in [1.165, 1.54) is 17.8 Å². The molecule has 3 rings (SSSR count). The van der Waals surface area contributed by atoms with Gasteiger partial charge in [0.1, 0.15) is 0 Å². The van der Waals surface area contributed by atoms with Gasteiger partial charge in [-0.1, -0.05) is 5.21 Å². The first-order valence-corrected chi connectivity index (χ1v) is 8.04. The van der Waals surface area contributed by atoms with Gasteiger partial charge in [-0.25, -0.2) is 4.68 Å². The molecular formula is C16H16F3N5O3. The van der Waals surface area contributed by atoms with Crippen molar-refractivity contribution in [3.8, 4) is 0 Å². The number of hydrogen-bond donors (Lipinski definition) is 2. The van der Waals surface area contributed by atoms with E-state index in [1.807, 2.05) is 0 Å². The molecule has 1 fully saturated rings. The van der Waals surface area contributed by atoms with Gasteiger partial charge in [-0.05, 0) is 24.6 Å². The third-order valence-electron chi connectivity index (χ3n) is 3.93. The van der Waals surface area contributed by atoms with Crippen molar-refractivity contribution < 1.29 is 27.5 Å². The fourth-order valence-electron chi connectivity index (χ4n) is 2.60. The predicted octanol–water partition coefficient (Wildman–Crippen LogP) is 2.47. The van der Waals surface area contributed by atoms with Crippen molar-refractivity contribution in [1.82, 2.24) is 15.0 Å². The first-order valence-electron chi connectivity index (χ1n) is 8.04. The molecule has 2 amide bonds. The molecule has 1 aromatic heterocycles. The van der Waals surface area contributed by atoms with Crippen LogP contribution in [0.5, 0.6) is 0 Å². The van der Waals surface area contributed by atoms with Crippen LogP contribution in [0.2, 0.25) is 0 Å². The number of hydrogen-bond acceptors (Lipinski definition) is 5. The number of rotatable bonds is 4. The minimum atomic E-state index is -4.60. The number of halogens is 3. The Morgan fingerprint density at radius 2 is 2.04 bits per heavy atom. The number of amides is 2. The molecule has 1 aromatic carbocycles. The van der Waals surface area contributed by atoms with Gasteiger partial charge in [0, 0.05) is 13.5 Å². The Hall–Kier alpha value is -2.95. The second-order valence-electron chi connectivity index (χ2n) is 5.99. The van der Waals surface area contributed by atoms with E-state index in [0.717, 1.165) is 24.6 Å². The van der Waals surface area contributed by atoms with E-state index in [0.29, 0.717) is 13.2 Å². The Bertz CT molecular complexity index is 859. The lowest BCUT2D eigenvalue weighted by Gasteiger charge is -2.14. The van der Waals surface area contributed by atoms with Gasteiger partial charge in [-0.3, -0.25) is 9.59 Å².